The second-order valence-electron chi connectivity index (χ2n) is 8.68. The van der Waals surface area contributed by atoms with Crippen molar-refractivity contribution in [2.75, 3.05) is 26.8 Å². The Hall–Kier alpha value is -1.79. The van der Waals surface area contributed by atoms with Crippen LogP contribution in [0.3, 0.4) is 0 Å². The lowest BCUT2D eigenvalue weighted by molar-refractivity contribution is -0.142. The third kappa shape index (κ3) is 4.59. The molecule has 1 N–H and O–H groups in total. The van der Waals surface area contributed by atoms with Crippen LogP contribution in [-0.4, -0.2) is 49.6 Å². The Bertz CT molecular complexity index is 749. The monoisotopic (exact) mass is 436 g/mol. The Balaban J connectivity index is 0.00000256. The minimum atomic E-state index is -0.362. The highest BCUT2D eigenvalue weighted by atomic mass is 35.5. The third-order valence-corrected chi connectivity index (χ3v) is 6.74. The second kappa shape index (κ2) is 10.0. The number of imide groups is 1. The van der Waals surface area contributed by atoms with Crippen molar-refractivity contribution in [1.29, 1.82) is 0 Å². The quantitative estimate of drug-likeness (QED) is 0.523. The van der Waals surface area contributed by atoms with Crippen LogP contribution >= 0.6 is 12.4 Å². The first kappa shape index (κ1) is 22.9. The zero-order valence-electron chi connectivity index (χ0n) is 17.8. The summed E-state index contributed by atoms with van der Waals surface area (Å²) in [4.78, 5) is 26.8. The molecule has 3 aliphatic rings. The number of carbonyl (C=O) groups is 2. The summed E-state index contributed by atoms with van der Waals surface area (Å²) in [5, 5.41) is 3.55. The summed E-state index contributed by atoms with van der Waals surface area (Å²) < 4.78 is 11.3. The first-order chi connectivity index (χ1) is 14.1. The number of halogens is 1. The van der Waals surface area contributed by atoms with Crippen molar-refractivity contribution in [2.24, 2.45) is 5.41 Å². The van der Waals surface area contributed by atoms with E-state index in [2.05, 4.69) is 5.32 Å². The summed E-state index contributed by atoms with van der Waals surface area (Å²) in [6.07, 6.45) is 8.21. The van der Waals surface area contributed by atoms with E-state index in [0.717, 1.165) is 68.6 Å². The first-order valence-electron chi connectivity index (χ1n) is 11.0. The number of likely N-dealkylation sites (tertiary alicyclic amines) is 1. The lowest BCUT2D eigenvalue weighted by Crippen LogP contribution is -2.40. The van der Waals surface area contributed by atoms with Gasteiger partial charge >= 0.3 is 0 Å². The molecule has 166 valence electrons. The van der Waals surface area contributed by atoms with Gasteiger partial charge in [-0.1, -0.05) is 25.3 Å². The molecule has 1 saturated carbocycles. The number of fused-ring (bicyclic) bond motifs is 1. The summed E-state index contributed by atoms with van der Waals surface area (Å²) in [5.74, 6) is 1.91. The number of unbranched alkanes of at least 4 members (excludes halogenated alkanes) is 1. The van der Waals surface area contributed by atoms with Crippen LogP contribution in [0.4, 0.5) is 0 Å². The van der Waals surface area contributed by atoms with E-state index in [0.29, 0.717) is 19.6 Å². The van der Waals surface area contributed by atoms with Gasteiger partial charge in [-0.25, -0.2) is 0 Å². The molecule has 1 spiro atoms. The number of amides is 2. The van der Waals surface area contributed by atoms with Crippen LogP contribution in [-0.2, 0) is 16.0 Å². The van der Waals surface area contributed by atoms with Crippen LogP contribution in [0.1, 0.15) is 56.9 Å². The molecule has 2 fully saturated rings. The number of nitrogens with one attached hydrogen (secondary N) is 1. The van der Waals surface area contributed by atoms with E-state index in [1.165, 1.54) is 11.3 Å². The van der Waals surface area contributed by atoms with Crippen LogP contribution in [0.25, 0.3) is 0 Å². The van der Waals surface area contributed by atoms with Gasteiger partial charge in [0.25, 0.3) is 0 Å². The highest BCUT2D eigenvalue weighted by Crippen LogP contribution is 2.45. The zero-order chi connectivity index (χ0) is 20.3. The van der Waals surface area contributed by atoms with E-state index in [4.69, 9.17) is 9.47 Å². The SMILES string of the molecule is COc1cccc2c1CC(NCCCCN1C(=O)CC3(CCCCC3)C1=O)CO2.Cl. The van der Waals surface area contributed by atoms with E-state index in [1.54, 1.807) is 7.11 Å². The Kier molecular flexibility index (Phi) is 7.64. The molecule has 1 aromatic carbocycles. The predicted molar refractivity (Wildman–Crippen MR) is 117 cm³/mol. The van der Waals surface area contributed by atoms with Crippen molar-refractivity contribution in [3.8, 4) is 11.5 Å². The number of methoxy groups -OCH3 is 1. The summed E-state index contributed by atoms with van der Waals surface area (Å²) >= 11 is 0. The van der Waals surface area contributed by atoms with Crippen molar-refractivity contribution in [3.05, 3.63) is 23.8 Å². The molecule has 2 amide bonds. The molecule has 0 radical (unpaired) electrons. The van der Waals surface area contributed by atoms with Gasteiger partial charge in [0.05, 0.1) is 12.5 Å². The summed E-state index contributed by atoms with van der Waals surface area (Å²) in [6, 6.07) is 6.15. The van der Waals surface area contributed by atoms with Crippen molar-refractivity contribution < 1.29 is 19.1 Å². The van der Waals surface area contributed by atoms with Gasteiger partial charge in [0.1, 0.15) is 18.1 Å². The van der Waals surface area contributed by atoms with Gasteiger partial charge in [-0.2, -0.15) is 0 Å². The maximum atomic E-state index is 12.8. The highest BCUT2D eigenvalue weighted by Gasteiger charge is 2.51. The van der Waals surface area contributed by atoms with Gasteiger partial charge in [0.15, 0.2) is 0 Å². The molecule has 6 nitrogen and oxygen atoms in total. The smallest absolute Gasteiger partial charge is 0.235 e. The number of rotatable bonds is 7. The summed E-state index contributed by atoms with van der Waals surface area (Å²) in [7, 11) is 1.69. The van der Waals surface area contributed by atoms with Crippen molar-refractivity contribution in [2.45, 2.75) is 63.8 Å². The normalized spacial score (nSPS) is 22.4. The number of carbonyl (C=O) groups excluding carboxylic acids is 2. The minimum Gasteiger partial charge on any atom is -0.496 e. The highest BCUT2D eigenvalue weighted by molar-refractivity contribution is 6.05. The average molecular weight is 437 g/mol. The minimum absolute atomic E-state index is 0. The predicted octanol–water partition coefficient (Wildman–Crippen LogP) is 3.50. The number of ether oxygens (including phenoxy) is 2. The van der Waals surface area contributed by atoms with Gasteiger partial charge in [-0.15, -0.1) is 12.4 Å². The van der Waals surface area contributed by atoms with Gasteiger partial charge < -0.3 is 14.8 Å². The van der Waals surface area contributed by atoms with Gasteiger partial charge in [-0.05, 0) is 50.8 Å². The molecule has 1 aromatic rings. The van der Waals surface area contributed by atoms with Crippen LogP contribution in [0.15, 0.2) is 18.2 Å². The molecule has 1 atom stereocenters. The van der Waals surface area contributed by atoms with Gasteiger partial charge in [0.2, 0.25) is 11.8 Å². The largest absolute Gasteiger partial charge is 0.496 e. The van der Waals surface area contributed by atoms with E-state index in [1.807, 2.05) is 18.2 Å². The Labute approximate surface area is 185 Å². The molecule has 4 rings (SSSR count). The van der Waals surface area contributed by atoms with E-state index < -0.39 is 0 Å². The van der Waals surface area contributed by atoms with E-state index in [9.17, 15) is 9.59 Å². The van der Waals surface area contributed by atoms with Crippen molar-refractivity contribution in [3.63, 3.8) is 0 Å². The lowest BCUT2D eigenvalue weighted by Gasteiger charge is -2.30. The molecule has 1 aliphatic carbocycles. The molecule has 0 aromatic heterocycles. The maximum absolute atomic E-state index is 12.8. The van der Waals surface area contributed by atoms with Gasteiger partial charge in [0, 0.05) is 24.6 Å². The van der Waals surface area contributed by atoms with Crippen molar-refractivity contribution >= 4 is 24.2 Å². The standard InChI is InChI=1S/C23H32N2O4.ClH/c1-28-19-8-7-9-20-18(19)14-17(16-29-20)24-12-5-6-13-25-21(26)15-23(22(25)27)10-3-2-4-11-23;/h7-9,17,24H,2-6,10-16H2,1H3;1H. The zero-order valence-corrected chi connectivity index (χ0v) is 18.6. The fourth-order valence-corrected chi connectivity index (χ4v) is 5.11. The Morgan fingerprint density at radius 1 is 1.20 bits per heavy atom. The first-order valence-corrected chi connectivity index (χ1v) is 11.0. The third-order valence-electron chi connectivity index (χ3n) is 6.74. The molecular formula is C23H33ClN2O4. The van der Waals surface area contributed by atoms with E-state index >= 15 is 0 Å². The average Bonchev–Trinajstić information content (AvgIpc) is 2.97. The van der Waals surface area contributed by atoms with Crippen LogP contribution < -0.4 is 14.8 Å². The van der Waals surface area contributed by atoms with Crippen LogP contribution in [0.5, 0.6) is 11.5 Å². The summed E-state index contributed by atoms with van der Waals surface area (Å²) in [5.41, 5.74) is 0.754. The molecule has 2 aliphatic heterocycles. The Morgan fingerprint density at radius 3 is 2.77 bits per heavy atom. The maximum Gasteiger partial charge on any atom is 0.235 e. The molecule has 7 heteroatoms. The molecule has 1 unspecified atom stereocenters. The number of hydrogen-bond acceptors (Lipinski definition) is 5. The molecule has 30 heavy (non-hydrogen) atoms. The fourth-order valence-electron chi connectivity index (χ4n) is 5.11. The van der Waals surface area contributed by atoms with Crippen molar-refractivity contribution in [1.82, 2.24) is 10.2 Å². The Morgan fingerprint density at radius 2 is 2.00 bits per heavy atom. The summed E-state index contributed by atoms with van der Waals surface area (Å²) in [6.45, 7) is 2.05. The van der Waals surface area contributed by atoms with Crippen LogP contribution in [0, 0.1) is 5.41 Å². The van der Waals surface area contributed by atoms with E-state index in [-0.39, 0.29) is 35.7 Å². The fraction of sp³-hybridized carbons (Fsp3) is 0.652. The molecule has 1 saturated heterocycles. The molecular weight excluding hydrogens is 404 g/mol. The lowest BCUT2D eigenvalue weighted by atomic mass is 9.73. The second-order valence-corrected chi connectivity index (χ2v) is 8.68. The van der Waals surface area contributed by atoms with Crippen LogP contribution in [0.2, 0.25) is 0 Å². The number of benzene rings is 1. The molecule has 2 heterocycles. The molecule has 0 bridgehead atoms. The number of nitrogens with zero attached hydrogens (tertiary/aromatic N) is 1. The van der Waals surface area contributed by atoms with Gasteiger partial charge in [-0.3, -0.25) is 14.5 Å². The topological polar surface area (TPSA) is 67.9 Å². The number of hydrogen-bond donors (Lipinski definition) is 1.